The fourth-order valence-corrected chi connectivity index (χ4v) is 1.44. The van der Waals surface area contributed by atoms with Crippen molar-refractivity contribution in [2.24, 2.45) is 0 Å². The third-order valence-corrected chi connectivity index (χ3v) is 2.20. The van der Waals surface area contributed by atoms with Crippen molar-refractivity contribution in [2.75, 3.05) is 13.2 Å². The van der Waals surface area contributed by atoms with Crippen LogP contribution in [0.3, 0.4) is 0 Å². The van der Waals surface area contributed by atoms with Gasteiger partial charge in [-0.3, -0.25) is 0 Å². The Morgan fingerprint density at radius 2 is 1.94 bits per heavy atom. The van der Waals surface area contributed by atoms with E-state index in [4.69, 9.17) is 9.47 Å². The fourth-order valence-electron chi connectivity index (χ4n) is 1.44. The molecule has 5 nitrogen and oxygen atoms in total. The van der Waals surface area contributed by atoms with Gasteiger partial charge < -0.3 is 14.5 Å². The quantitative estimate of drug-likeness (QED) is 0.642. The Kier molecular flexibility index (Phi) is 5.17. The highest BCUT2D eigenvalue weighted by Crippen LogP contribution is 2.12. The number of carbonyl (C=O) groups is 2. The highest BCUT2D eigenvalue weighted by Gasteiger charge is 2.12. The number of H-pyrrole nitrogens is 1. The average Bonchev–Trinajstić information content (AvgIpc) is 2.69. The molecule has 98 valence electrons. The second-order valence-corrected chi connectivity index (χ2v) is 3.59. The number of hydrogen-bond acceptors (Lipinski definition) is 4. The van der Waals surface area contributed by atoms with Crippen LogP contribution < -0.4 is 0 Å². The van der Waals surface area contributed by atoms with Crippen LogP contribution in [0.2, 0.25) is 0 Å². The van der Waals surface area contributed by atoms with Gasteiger partial charge in [-0.05, 0) is 38.5 Å². The summed E-state index contributed by atoms with van der Waals surface area (Å²) in [4.78, 5) is 25.6. The van der Waals surface area contributed by atoms with E-state index in [1.54, 1.807) is 32.9 Å². The molecule has 1 heterocycles. The molecule has 0 radical (unpaired) electrons. The van der Waals surface area contributed by atoms with Gasteiger partial charge in [0.15, 0.2) is 0 Å². The number of ether oxygens (including phenoxy) is 2. The number of carbonyl (C=O) groups excluding carboxylic acids is 2. The first-order chi connectivity index (χ1) is 8.58. The maximum atomic E-state index is 11.6. The molecule has 0 bridgehead atoms. The van der Waals surface area contributed by atoms with E-state index < -0.39 is 11.9 Å². The highest BCUT2D eigenvalue weighted by atomic mass is 16.5. The van der Waals surface area contributed by atoms with Gasteiger partial charge in [0.1, 0.15) is 5.69 Å². The Balaban J connectivity index is 2.78. The summed E-state index contributed by atoms with van der Waals surface area (Å²) in [7, 11) is 0. The molecule has 0 saturated carbocycles. The lowest BCUT2D eigenvalue weighted by molar-refractivity contribution is -0.137. The van der Waals surface area contributed by atoms with Gasteiger partial charge in [0.2, 0.25) is 0 Å². The van der Waals surface area contributed by atoms with E-state index in [2.05, 4.69) is 4.98 Å². The van der Waals surface area contributed by atoms with Crippen LogP contribution in [-0.2, 0) is 14.3 Å². The second kappa shape index (κ2) is 6.64. The zero-order valence-electron chi connectivity index (χ0n) is 10.8. The molecule has 0 unspecified atom stereocenters. The SMILES string of the molecule is CCOC(=O)C=Cc1cc(C)c(C(=O)OCC)[nH]1. The normalized spacial score (nSPS) is 10.6. The van der Waals surface area contributed by atoms with Crippen LogP contribution in [-0.4, -0.2) is 30.1 Å². The lowest BCUT2D eigenvalue weighted by Gasteiger charge is -1.99. The van der Waals surface area contributed by atoms with E-state index in [1.807, 2.05) is 0 Å². The molecular weight excluding hydrogens is 234 g/mol. The summed E-state index contributed by atoms with van der Waals surface area (Å²) in [6, 6.07) is 1.77. The molecule has 1 aromatic heterocycles. The largest absolute Gasteiger partial charge is 0.463 e. The minimum Gasteiger partial charge on any atom is -0.463 e. The first kappa shape index (κ1) is 14.0. The molecule has 0 spiro atoms. The summed E-state index contributed by atoms with van der Waals surface area (Å²) in [5, 5.41) is 0. The predicted molar refractivity (Wildman–Crippen MR) is 67.2 cm³/mol. The van der Waals surface area contributed by atoms with Crippen LogP contribution in [0.5, 0.6) is 0 Å². The Morgan fingerprint density at radius 3 is 2.56 bits per heavy atom. The molecule has 1 rings (SSSR count). The third kappa shape index (κ3) is 3.76. The van der Waals surface area contributed by atoms with E-state index in [0.717, 1.165) is 5.56 Å². The molecule has 0 aliphatic heterocycles. The van der Waals surface area contributed by atoms with Crippen LogP contribution in [0.4, 0.5) is 0 Å². The topological polar surface area (TPSA) is 68.4 Å². The number of aromatic nitrogens is 1. The molecule has 5 heteroatoms. The van der Waals surface area contributed by atoms with Gasteiger partial charge in [-0.25, -0.2) is 9.59 Å². The van der Waals surface area contributed by atoms with Crippen molar-refractivity contribution < 1.29 is 19.1 Å². The van der Waals surface area contributed by atoms with E-state index in [1.165, 1.54) is 6.08 Å². The zero-order valence-corrected chi connectivity index (χ0v) is 10.8. The molecular formula is C13H17NO4. The maximum Gasteiger partial charge on any atom is 0.355 e. The molecule has 0 aliphatic rings. The van der Waals surface area contributed by atoms with Crippen LogP contribution in [0, 0.1) is 6.92 Å². The van der Waals surface area contributed by atoms with Crippen molar-refractivity contribution >= 4 is 18.0 Å². The summed E-state index contributed by atoms with van der Waals surface area (Å²) in [5.41, 5.74) is 1.83. The highest BCUT2D eigenvalue weighted by molar-refractivity contribution is 5.90. The van der Waals surface area contributed by atoms with Crippen LogP contribution in [0.15, 0.2) is 12.1 Å². The predicted octanol–water partition coefficient (Wildman–Crippen LogP) is 2.08. The Hall–Kier alpha value is -2.04. The summed E-state index contributed by atoms with van der Waals surface area (Å²) < 4.78 is 9.66. The van der Waals surface area contributed by atoms with Crippen LogP contribution in [0.1, 0.15) is 35.6 Å². The van der Waals surface area contributed by atoms with Gasteiger partial charge >= 0.3 is 11.9 Å². The Morgan fingerprint density at radius 1 is 1.28 bits per heavy atom. The number of rotatable bonds is 5. The van der Waals surface area contributed by atoms with Crippen molar-refractivity contribution in [3.05, 3.63) is 29.1 Å². The number of hydrogen-bond donors (Lipinski definition) is 1. The fraction of sp³-hybridized carbons (Fsp3) is 0.385. The molecule has 0 aliphatic carbocycles. The van der Waals surface area contributed by atoms with Crippen LogP contribution >= 0.6 is 0 Å². The minimum atomic E-state index is -0.414. The number of aromatic amines is 1. The zero-order chi connectivity index (χ0) is 13.5. The molecule has 1 aromatic rings. The lowest BCUT2D eigenvalue weighted by Crippen LogP contribution is -2.06. The van der Waals surface area contributed by atoms with E-state index in [-0.39, 0.29) is 0 Å². The van der Waals surface area contributed by atoms with Gasteiger partial charge in [0.05, 0.1) is 13.2 Å². The van der Waals surface area contributed by atoms with E-state index >= 15 is 0 Å². The molecule has 0 fully saturated rings. The molecule has 18 heavy (non-hydrogen) atoms. The maximum absolute atomic E-state index is 11.6. The molecule has 0 atom stereocenters. The average molecular weight is 251 g/mol. The Bertz CT molecular complexity index is 460. The molecule has 1 N–H and O–H groups in total. The minimum absolute atomic E-state index is 0.325. The van der Waals surface area contributed by atoms with Gasteiger partial charge in [0, 0.05) is 11.8 Å². The first-order valence-electron chi connectivity index (χ1n) is 5.80. The standard InChI is InChI=1S/C13H17NO4/c1-4-17-11(15)7-6-10-8-9(3)12(14-10)13(16)18-5-2/h6-8,14H,4-5H2,1-3H3. The van der Waals surface area contributed by atoms with Crippen LogP contribution in [0.25, 0.3) is 6.08 Å². The monoisotopic (exact) mass is 251 g/mol. The molecule has 0 amide bonds. The Labute approximate surface area is 106 Å². The second-order valence-electron chi connectivity index (χ2n) is 3.59. The van der Waals surface area contributed by atoms with Crippen molar-refractivity contribution in [3.63, 3.8) is 0 Å². The van der Waals surface area contributed by atoms with Crippen molar-refractivity contribution in [3.8, 4) is 0 Å². The summed E-state index contributed by atoms with van der Waals surface area (Å²) in [6.07, 6.45) is 2.87. The van der Waals surface area contributed by atoms with Gasteiger partial charge in [-0.1, -0.05) is 0 Å². The molecule has 0 aromatic carbocycles. The summed E-state index contributed by atoms with van der Waals surface area (Å²) in [5.74, 6) is -0.812. The first-order valence-corrected chi connectivity index (χ1v) is 5.80. The lowest BCUT2D eigenvalue weighted by atomic mass is 10.2. The number of nitrogens with one attached hydrogen (secondary N) is 1. The van der Waals surface area contributed by atoms with Crippen molar-refractivity contribution in [2.45, 2.75) is 20.8 Å². The van der Waals surface area contributed by atoms with Crippen molar-refractivity contribution in [1.82, 2.24) is 4.98 Å². The summed E-state index contributed by atoms with van der Waals surface area (Å²) in [6.45, 7) is 5.94. The van der Waals surface area contributed by atoms with Gasteiger partial charge in [-0.2, -0.15) is 0 Å². The van der Waals surface area contributed by atoms with Crippen molar-refractivity contribution in [1.29, 1.82) is 0 Å². The smallest absolute Gasteiger partial charge is 0.355 e. The van der Waals surface area contributed by atoms with E-state index in [0.29, 0.717) is 24.6 Å². The van der Waals surface area contributed by atoms with Gasteiger partial charge in [0.25, 0.3) is 0 Å². The molecule has 0 saturated heterocycles. The summed E-state index contributed by atoms with van der Waals surface area (Å²) >= 11 is 0. The number of esters is 2. The van der Waals surface area contributed by atoms with E-state index in [9.17, 15) is 9.59 Å². The van der Waals surface area contributed by atoms with Gasteiger partial charge in [-0.15, -0.1) is 0 Å². The number of aryl methyl sites for hydroxylation is 1. The third-order valence-electron chi connectivity index (χ3n) is 2.20.